The Balaban J connectivity index is 1.82. The zero-order valence-electron chi connectivity index (χ0n) is 9.26. The van der Waals surface area contributed by atoms with Gasteiger partial charge in [0.05, 0.1) is 0 Å². The lowest BCUT2D eigenvalue weighted by Gasteiger charge is -2.29. The summed E-state index contributed by atoms with van der Waals surface area (Å²) in [5.74, 6) is -2.47. The van der Waals surface area contributed by atoms with Crippen molar-refractivity contribution in [3.05, 3.63) is 35.9 Å². The third-order valence-corrected chi connectivity index (χ3v) is 3.08. The first kappa shape index (κ1) is 11.5. The molecule has 1 saturated carbocycles. The zero-order chi connectivity index (χ0) is 11.4. The largest absolute Gasteiger partial charge is 0.310 e. The number of benzene rings is 1. The van der Waals surface area contributed by atoms with Gasteiger partial charge in [-0.15, -0.1) is 0 Å². The Morgan fingerprint density at radius 1 is 1.25 bits per heavy atom. The molecule has 1 nitrogen and oxygen atoms in total. The van der Waals surface area contributed by atoms with Crippen molar-refractivity contribution in [2.45, 2.75) is 44.2 Å². The molecule has 1 aliphatic rings. The minimum atomic E-state index is -2.47. The quantitative estimate of drug-likeness (QED) is 0.831. The van der Waals surface area contributed by atoms with E-state index in [1.807, 2.05) is 30.3 Å². The van der Waals surface area contributed by atoms with Gasteiger partial charge in [0.15, 0.2) is 0 Å². The average Bonchev–Trinajstić information content (AvgIpc) is 2.27. The highest BCUT2D eigenvalue weighted by Crippen LogP contribution is 2.33. The average molecular weight is 225 g/mol. The van der Waals surface area contributed by atoms with Gasteiger partial charge in [-0.2, -0.15) is 0 Å². The van der Waals surface area contributed by atoms with E-state index < -0.39 is 5.92 Å². The van der Waals surface area contributed by atoms with E-state index in [4.69, 9.17) is 0 Å². The summed E-state index contributed by atoms with van der Waals surface area (Å²) in [5, 5.41) is 3.21. The molecule has 1 unspecified atom stereocenters. The van der Waals surface area contributed by atoms with E-state index in [0.717, 1.165) is 12.0 Å². The molecule has 0 saturated heterocycles. The summed E-state index contributed by atoms with van der Waals surface area (Å²) in [6.45, 7) is 0.682. The molecule has 1 aromatic rings. The molecular formula is C13H17F2N. The van der Waals surface area contributed by atoms with E-state index in [2.05, 4.69) is 5.32 Å². The zero-order valence-corrected chi connectivity index (χ0v) is 9.26. The molecule has 3 heteroatoms. The van der Waals surface area contributed by atoms with Gasteiger partial charge in [-0.3, -0.25) is 0 Å². The highest BCUT2D eigenvalue weighted by Gasteiger charge is 2.35. The van der Waals surface area contributed by atoms with E-state index in [-0.39, 0.29) is 18.9 Å². The summed E-state index contributed by atoms with van der Waals surface area (Å²) in [7, 11) is 0. The summed E-state index contributed by atoms with van der Waals surface area (Å²) < 4.78 is 26.3. The molecule has 0 amide bonds. The lowest BCUT2D eigenvalue weighted by Crippen LogP contribution is -2.38. The summed E-state index contributed by atoms with van der Waals surface area (Å²) in [6.07, 6.45) is 1.53. The highest BCUT2D eigenvalue weighted by molar-refractivity contribution is 5.14. The van der Waals surface area contributed by atoms with Crippen molar-refractivity contribution in [1.82, 2.24) is 5.32 Å². The predicted octanol–water partition coefficient (Wildman–Crippen LogP) is 3.35. The van der Waals surface area contributed by atoms with Crippen LogP contribution in [0.5, 0.6) is 0 Å². The topological polar surface area (TPSA) is 12.0 Å². The second-order valence-electron chi connectivity index (χ2n) is 4.52. The first-order valence-electron chi connectivity index (χ1n) is 5.81. The van der Waals surface area contributed by atoms with Crippen LogP contribution < -0.4 is 5.32 Å². The third-order valence-electron chi connectivity index (χ3n) is 3.08. The van der Waals surface area contributed by atoms with Gasteiger partial charge in [0.1, 0.15) is 0 Å². The fourth-order valence-corrected chi connectivity index (χ4v) is 2.20. The number of nitrogens with one attached hydrogen (secondary N) is 1. The third kappa shape index (κ3) is 3.27. The number of halogens is 2. The molecule has 1 fully saturated rings. The normalized spacial score (nSPS) is 24.2. The van der Waals surface area contributed by atoms with Crippen LogP contribution in [0.15, 0.2) is 30.3 Å². The maximum Gasteiger partial charge on any atom is 0.249 e. The molecule has 0 aromatic heterocycles. The maximum atomic E-state index is 13.1. The standard InChI is InChI=1S/C13H17F2N/c14-13(15)8-4-7-12(9-13)16-10-11-5-2-1-3-6-11/h1-3,5-6,12,16H,4,7-10H2. The predicted molar refractivity (Wildman–Crippen MR) is 60.5 cm³/mol. The monoisotopic (exact) mass is 225 g/mol. The Hall–Kier alpha value is -0.960. The molecule has 1 N–H and O–H groups in total. The van der Waals surface area contributed by atoms with Crippen molar-refractivity contribution >= 4 is 0 Å². The van der Waals surface area contributed by atoms with Crippen LogP contribution in [0, 0.1) is 0 Å². The fraction of sp³-hybridized carbons (Fsp3) is 0.538. The van der Waals surface area contributed by atoms with E-state index in [9.17, 15) is 8.78 Å². The van der Waals surface area contributed by atoms with Crippen molar-refractivity contribution in [1.29, 1.82) is 0 Å². The van der Waals surface area contributed by atoms with E-state index >= 15 is 0 Å². The summed E-state index contributed by atoms with van der Waals surface area (Å²) in [4.78, 5) is 0. The Labute approximate surface area is 94.9 Å². The van der Waals surface area contributed by atoms with E-state index in [0.29, 0.717) is 13.0 Å². The van der Waals surface area contributed by atoms with Crippen LogP contribution in [0.25, 0.3) is 0 Å². The number of rotatable bonds is 3. The van der Waals surface area contributed by atoms with Gasteiger partial charge in [-0.05, 0) is 18.4 Å². The van der Waals surface area contributed by atoms with Crippen LogP contribution in [0.3, 0.4) is 0 Å². The Kier molecular flexibility index (Phi) is 3.54. The van der Waals surface area contributed by atoms with E-state index in [1.54, 1.807) is 0 Å². The second kappa shape index (κ2) is 4.91. The first-order valence-corrected chi connectivity index (χ1v) is 5.81. The minimum Gasteiger partial charge on any atom is -0.310 e. The van der Waals surface area contributed by atoms with Gasteiger partial charge in [-0.1, -0.05) is 30.3 Å². The van der Waals surface area contributed by atoms with Crippen LogP contribution in [0.4, 0.5) is 8.78 Å². The molecule has 1 aromatic carbocycles. The van der Waals surface area contributed by atoms with Crippen LogP contribution in [-0.4, -0.2) is 12.0 Å². The summed E-state index contributed by atoms with van der Waals surface area (Å²) in [5.41, 5.74) is 1.15. The summed E-state index contributed by atoms with van der Waals surface area (Å²) >= 11 is 0. The molecule has 0 aliphatic heterocycles. The lowest BCUT2D eigenvalue weighted by atomic mass is 9.92. The fourth-order valence-electron chi connectivity index (χ4n) is 2.20. The maximum absolute atomic E-state index is 13.1. The lowest BCUT2D eigenvalue weighted by molar-refractivity contribution is -0.0442. The molecule has 16 heavy (non-hydrogen) atoms. The number of hydrogen-bond acceptors (Lipinski definition) is 1. The number of hydrogen-bond donors (Lipinski definition) is 1. The smallest absolute Gasteiger partial charge is 0.249 e. The van der Waals surface area contributed by atoms with Crippen LogP contribution in [0.2, 0.25) is 0 Å². The van der Waals surface area contributed by atoms with Crippen LogP contribution in [0.1, 0.15) is 31.2 Å². The van der Waals surface area contributed by atoms with Crippen LogP contribution >= 0.6 is 0 Å². The molecule has 0 spiro atoms. The second-order valence-corrected chi connectivity index (χ2v) is 4.52. The van der Waals surface area contributed by atoms with Crippen molar-refractivity contribution in [3.8, 4) is 0 Å². The molecule has 1 aliphatic carbocycles. The molecule has 88 valence electrons. The van der Waals surface area contributed by atoms with E-state index in [1.165, 1.54) is 0 Å². The Bertz CT molecular complexity index is 324. The molecule has 0 heterocycles. The van der Waals surface area contributed by atoms with Gasteiger partial charge in [-0.25, -0.2) is 8.78 Å². The van der Waals surface area contributed by atoms with Gasteiger partial charge < -0.3 is 5.32 Å². The molecule has 2 rings (SSSR count). The van der Waals surface area contributed by atoms with Gasteiger partial charge in [0, 0.05) is 25.4 Å². The number of alkyl halides is 2. The first-order chi connectivity index (χ1) is 7.66. The van der Waals surface area contributed by atoms with Crippen molar-refractivity contribution < 1.29 is 8.78 Å². The van der Waals surface area contributed by atoms with Gasteiger partial charge in [0.2, 0.25) is 5.92 Å². The highest BCUT2D eigenvalue weighted by atomic mass is 19.3. The SMILES string of the molecule is FC1(F)CCCC(NCc2ccccc2)C1. The molecular weight excluding hydrogens is 208 g/mol. The molecule has 0 radical (unpaired) electrons. The minimum absolute atomic E-state index is 0.0141. The molecule has 0 bridgehead atoms. The van der Waals surface area contributed by atoms with Crippen molar-refractivity contribution in [2.75, 3.05) is 0 Å². The van der Waals surface area contributed by atoms with Crippen LogP contribution in [-0.2, 0) is 6.54 Å². The van der Waals surface area contributed by atoms with Gasteiger partial charge in [0.25, 0.3) is 0 Å². The Morgan fingerprint density at radius 2 is 2.00 bits per heavy atom. The van der Waals surface area contributed by atoms with Crippen molar-refractivity contribution in [3.63, 3.8) is 0 Å². The Morgan fingerprint density at radius 3 is 2.69 bits per heavy atom. The van der Waals surface area contributed by atoms with Crippen molar-refractivity contribution in [2.24, 2.45) is 0 Å². The molecule has 1 atom stereocenters. The summed E-state index contributed by atoms with van der Waals surface area (Å²) in [6, 6.07) is 9.86. The van der Waals surface area contributed by atoms with Gasteiger partial charge >= 0.3 is 0 Å².